The van der Waals surface area contributed by atoms with Crippen LogP contribution in [0.4, 0.5) is 0 Å². The standard InChI is InChI=1S/C12H18N4O/c1-9-10(2)17-12(15-9)8-13-5-4-11-14-6-7-16(11)3/h6-7,13H,4-5,8H2,1-3H3. The number of imidazole rings is 1. The van der Waals surface area contributed by atoms with Crippen LogP contribution in [0.15, 0.2) is 16.8 Å². The molecule has 0 radical (unpaired) electrons. The molecule has 0 spiro atoms. The van der Waals surface area contributed by atoms with Crippen LogP contribution in [0.5, 0.6) is 0 Å². The van der Waals surface area contributed by atoms with E-state index in [9.17, 15) is 0 Å². The third-order valence-corrected chi connectivity index (χ3v) is 2.80. The highest BCUT2D eigenvalue weighted by Crippen LogP contribution is 2.07. The fraction of sp³-hybridized carbons (Fsp3) is 0.500. The van der Waals surface area contributed by atoms with Crippen molar-refractivity contribution in [3.63, 3.8) is 0 Å². The van der Waals surface area contributed by atoms with Gasteiger partial charge in [0.05, 0.1) is 12.2 Å². The van der Waals surface area contributed by atoms with Gasteiger partial charge >= 0.3 is 0 Å². The zero-order valence-electron chi connectivity index (χ0n) is 10.5. The lowest BCUT2D eigenvalue weighted by atomic mass is 10.4. The van der Waals surface area contributed by atoms with Crippen molar-refractivity contribution in [2.45, 2.75) is 26.8 Å². The van der Waals surface area contributed by atoms with Crippen LogP contribution in [0.2, 0.25) is 0 Å². The van der Waals surface area contributed by atoms with Gasteiger partial charge < -0.3 is 14.3 Å². The molecular weight excluding hydrogens is 216 g/mol. The number of aromatic nitrogens is 3. The van der Waals surface area contributed by atoms with Crippen molar-refractivity contribution in [3.8, 4) is 0 Å². The second kappa shape index (κ2) is 5.14. The Morgan fingerprint density at radius 2 is 2.24 bits per heavy atom. The first-order valence-corrected chi connectivity index (χ1v) is 5.76. The van der Waals surface area contributed by atoms with E-state index in [1.807, 2.05) is 37.9 Å². The largest absolute Gasteiger partial charge is 0.444 e. The number of nitrogens with one attached hydrogen (secondary N) is 1. The average Bonchev–Trinajstić information content (AvgIpc) is 2.82. The highest BCUT2D eigenvalue weighted by atomic mass is 16.4. The van der Waals surface area contributed by atoms with Gasteiger partial charge in [-0.15, -0.1) is 0 Å². The van der Waals surface area contributed by atoms with Gasteiger partial charge in [-0.25, -0.2) is 9.97 Å². The Bertz CT molecular complexity index is 467. The summed E-state index contributed by atoms with van der Waals surface area (Å²) in [5.41, 5.74) is 0.964. The van der Waals surface area contributed by atoms with Crippen LogP contribution < -0.4 is 5.32 Å². The van der Waals surface area contributed by atoms with E-state index in [1.165, 1.54) is 0 Å². The maximum atomic E-state index is 5.48. The van der Waals surface area contributed by atoms with Crippen LogP contribution >= 0.6 is 0 Å². The van der Waals surface area contributed by atoms with Gasteiger partial charge in [-0.1, -0.05) is 0 Å². The fourth-order valence-corrected chi connectivity index (χ4v) is 1.65. The molecule has 1 N–H and O–H groups in total. The van der Waals surface area contributed by atoms with E-state index in [1.54, 1.807) is 0 Å². The van der Waals surface area contributed by atoms with E-state index in [0.717, 1.165) is 36.1 Å². The number of nitrogens with zero attached hydrogens (tertiary/aromatic N) is 3. The third kappa shape index (κ3) is 2.94. The molecule has 0 fully saturated rings. The Hall–Kier alpha value is -1.62. The van der Waals surface area contributed by atoms with Gasteiger partial charge in [-0.3, -0.25) is 0 Å². The van der Waals surface area contributed by atoms with Crippen molar-refractivity contribution in [2.24, 2.45) is 7.05 Å². The van der Waals surface area contributed by atoms with Gasteiger partial charge in [0.15, 0.2) is 0 Å². The molecule has 2 rings (SSSR count). The van der Waals surface area contributed by atoms with Crippen molar-refractivity contribution in [2.75, 3.05) is 6.54 Å². The summed E-state index contributed by atoms with van der Waals surface area (Å²) in [5.74, 6) is 2.73. The van der Waals surface area contributed by atoms with Crippen LogP contribution in [-0.2, 0) is 20.0 Å². The van der Waals surface area contributed by atoms with E-state index in [2.05, 4.69) is 15.3 Å². The molecule has 0 aromatic carbocycles. The summed E-state index contributed by atoms with van der Waals surface area (Å²) in [7, 11) is 2.00. The molecule has 0 amide bonds. The first kappa shape index (κ1) is 11.9. The highest BCUT2D eigenvalue weighted by molar-refractivity contribution is 5.05. The SMILES string of the molecule is Cc1nc(CNCCc2nccn2C)oc1C. The van der Waals surface area contributed by atoms with Crippen LogP contribution in [-0.4, -0.2) is 21.1 Å². The minimum atomic E-state index is 0.666. The summed E-state index contributed by atoms with van der Waals surface area (Å²) in [5, 5.41) is 3.30. The van der Waals surface area contributed by atoms with Crippen LogP contribution in [0.3, 0.4) is 0 Å². The van der Waals surface area contributed by atoms with Gasteiger partial charge in [-0.2, -0.15) is 0 Å². The first-order chi connectivity index (χ1) is 8.16. The lowest BCUT2D eigenvalue weighted by Crippen LogP contribution is -2.18. The van der Waals surface area contributed by atoms with Crippen molar-refractivity contribution in [1.82, 2.24) is 19.9 Å². The minimum absolute atomic E-state index is 0.666. The van der Waals surface area contributed by atoms with Crippen molar-refractivity contribution in [3.05, 3.63) is 35.6 Å². The third-order valence-electron chi connectivity index (χ3n) is 2.80. The molecule has 0 saturated carbocycles. The van der Waals surface area contributed by atoms with Gasteiger partial charge in [0.1, 0.15) is 11.6 Å². The number of oxazole rings is 1. The molecule has 0 bridgehead atoms. The molecule has 17 heavy (non-hydrogen) atoms. The minimum Gasteiger partial charge on any atom is -0.444 e. The Morgan fingerprint density at radius 1 is 1.41 bits per heavy atom. The maximum absolute atomic E-state index is 5.48. The molecule has 0 unspecified atom stereocenters. The highest BCUT2D eigenvalue weighted by Gasteiger charge is 2.04. The van der Waals surface area contributed by atoms with Crippen molar-refractivity contribution in [1.29, 1.82) is 0 Å². The average molecular weight is 234 g/mol. The Balaban J connectivity index is 1.75. The van der Waals surface area contributed by atoms with E-state index < -0.39 is 0 Å². The molecular formula is C12H18N4O. The molecule has 0 aliphatic heterocycles. The summed E-state index contributed by atoms with van der Waals surface area (Å²) in [6.45, 7) is 5.42. The van der Waals surface area contributed by atoms with E-state index >= 15 is 0 Å². The molecule has 2 aromatic heterocycles. The predicted octanol–water partition coefficient (Wildman–Crippen LogP) is 1.36. The first-order valence-electron chi connectivity index (χ1n) is 5.76. The van der Waals surface area contributed by atoms with Crippen LogP contribution in [0, 0.1) is 13.8 Å². The Kier molecular flexibility index (Phi) is 3.58. The summed E-state index contributed by atoms with van der Waals surface area (Å²) in [6, 6.07) is 0. The zero-order valence-corrected chi connectivity index (χ0v) is 10.5. The maximum Gasteiger partial charge on any atom is 0.208 e. The second-order valence-electron chi connectivity index (χ2n) is 4.13. The quantitative estimate of drug-likeness (QED) is 0.794. The molecule has 5 heteroatoms. The normalized spacial score (nSPS) is 11.0. The molecule has 0 aliphatic rings. The van der Waals surface area contributed by atoms with Crippen LogP contribution in [0.1, 0.15) is 23.2 Å². The number of hydrogen-bond donors (Lipinski definition) is 1. The summed E-state index contributed by atoms with van der Waals surface area (Å²) in [6.07, 6.45) is 4.68. The summed E-state index contributed by atoms with van der Waals surface area (Å²) >= 11 is 0. The van der Waals surface area contributed by atoms with Gasteiger partial charge in [-0.05, 0) is 13.8 Å². The van der Waals surface area contributed by atoms with E-state index in [-0.39, 0.29) is 0 Å². The van der Waals surface area contributed by atoms with Gasteiger partial charge in [0.25, 0.3) is 0 Å². The monoisotopic (exact) mass is 234 g/mol. The predicted molar refractivity (Wildman–Crippen MR) is 64.6 cm³/mol. The van der Waals surface area contributed by atoms with Crippen molar-refractivity contribution < 1.29 is 4.42 Å². The molecule has 2 aromatic rings. The van der Waals surface area contributed by atoms with E-state index in [4.69, 9.17) is 4.42 Å². The fourth-order valence-electron chi connectivity index (χ4n) is 1.65. The zero-order chi connectivity index (χ0) is 12.3. The van der Waals surface area contributed by atoms with Gasteiger partial charge in [0.2, 0.25) is 5.89 Å². The Labute approximate surface area is 101 Å². The van der Waals surface area contributed by atoms with Crippen LogP contribution in [0.25, 0.3) is 0 Å². The molecule has 0 saturated heterocycles. The number of hydrogen-bond acceptors (Lipinski definition) is 4. The molecule has 5 nitrogen and oxygen atoms in total. The van der Waals surface area contributed by atoms with E-state index in [0.29, 0.717) is 6.54 Å². The lowest BCUT2D eigenvalue weighted by molar-refractivity contribution is 0.449. The Morgan fingerprint density at radius 3 is 2.82 bits per heavy atom. The van der Waals surface area contributed by atoms with Gasteiger partial charge in [0, 0.05) is 32.4 Å². The smallest absolute Gasteiger partial charge is 0.208 e. The summed E-state index contributed by atoms with van der Waals surface area (Å²) < 4.78 is 7.51. The lowest BCUT2D eigenvalue weighted by Gasteiger charge is -2.02. The number of rotatable bonds is 5. The topological polar surface area (TPSA) is 55.9 Å². The molecule has 0 aliphatic carbocycles. The molecule has 2 heterocycles. The second-order valence-corrected chi connectivity index (χ2v) is 4.13. The number of aryl methyl sites for hydroxylation is 3. The summed E-state index contributed by atoms with van der Waals surface area (Å²) in [4.78, 5) is 8.57. The molecule has 92 valence electrons. The van der Waals surface area contributed by atoms with Crippen molar-refractivity contribution >= 4 is 0 Å². The molecule has 0 atom stereocenters.